The summed E-state index contributed by atoms with van der Waals surface area (Å²) in [7, 11) is 0. The molecule has 0 aliphatic heterocycles. The Morgan fingerprint density at radius 2 is 2.15 bits per heavy atom. The molecule has 0 aromatic heterocycles. The van der Waals surface area contributed by atoms with Crippen LogP contribution in [-0.4, -0.2) is 28.4 Å². The third-order valence-corrected chi connectivity index (χ3v) is 4.73. The maximum absolute atomic E-state index is 12.2. The number of benzene rings is 1. The van der Waals surface area contributed by atoms with Gasteiger partial charge in [-0.1, -0.05) is 18.6 Å². The number of rotatable bonds is 4. The van der Waals surface area contributed by atoms with Crippen LogP contribution in [0.1, 0.15) is 36.0 Å². The van der Waals surface area contributed by atoms with Crippen LogP contribution in [0.15, 0.2) is 24.3 Å². The maximum Gasteiger partial charge on any atom is 0.282 e. The molecule has 2 rings (SSSR count). The van der Waals surface area contributed by atoms with E-state index in [9.17, 15) is 14.9 Å². The van der Waals surface area contributed by atoms with Crippen molar-refractivity contribution in [1.82, 2.24) is 5.32 Å². The van der Waals surface area contributed by atoms with Crippen molar-refractivity contribution in [3.63, 3.8) is 0 Å². The third-order valence-electron chi connectivity index (χ3n) is 3.64. The molecule has 0 saturated heterocycles. The van der Waals surface area contributed by atoms with Gasteiger partial charge in [0.05, 0.1) is 4.92 Å². The van der Waals surface area contributed by atoms with Gasteiger partial charge in [-0.05, 0) is 31.6 Å². The molecule has 108 valence electrons. The second kappa shape index (κ2) is 6.74. The molecule has 1 fully saturated rings. The Bertz CT molecular complexity index is 507. The molecule has 0 bridgehead atoms. The highest BCUT2D eigenvalue weighted by atomic mass is 32.2. The van der Waals surface area contributed by atoms with Crippen LogP contribution >= 0.6 is 11.8 Å². The van der Waals surface area contributed by atoms with E-state index in [1.54, 1.807) is 12.1 Å². The monoisotopic (exact) mass is 294 g/mol. The highest BCUT2D eigenvalue weighted by Gasteiger charge is 2.25. The van der Waals surface area contributed by atoms with Gasteiger partial charge < -0.3 is 5.32 Å². The summed E-state index contributed by atoms with van der Waals surface area (Å²) < 4.78 is 0. The number of hydrogen-bond donors (Lipinski definition) is 1. The van der Waals surface area contributed by atoms with Crippen LogP contribution in [0, 0.1) is 10.1 Å². The molecule has 2 atom stereocenters. The molecule has 0 spiro atoms. The molecule has 0 radical (unpaired) electrons. The van der Waals surface area contributed by atoms with Crippen molar-refractivity contribution in [3.05, 3.63) is 39.9 Å². The van der Waals surface area contributed by atoms with E-state index in [-0.39, 0.29) is 23.2 Å². The van der Waals surface area contributed by atoms with Gasteiger partial charge in [-0.2, -0.15) is 11.8 Å². The van der Waals surface area contributed by atoms with Crippen LogP contribution in [0.3, 0.4) is 0 Å². The number of carbonyl (C=O) groups excluding carboxylic acids is 1. The van der Waals surface area contributed by atoms with Gasteiger partial charge in [-0.25, -0.2) is 0 Å². The second-order valence-corrected chi connectivity index (χ2v) is 6.11. The molecule has 5 nitrogen and oxygen atoms in total. The lowest BCUT2D eigenvalue weighted by atomic mass is 9.94. The van der Waals surface area contributed by atoms with Crippen molar-refractivity contribution < 1.29 is 9.72 Å². The lowest BCUT2D eigenvalue weighted by Crippen LogP contribution is -2.39. The Kier molecular flexibility index (Phi) is 5.00. The van der Waals surface area contributed by atoms with E-state index >= 15 is 0 Å². The Hall–Kier alpha value is -1.56. The molecule has 6 heteroatoms. The van der Waals surface area contributed by atoms with Gasteiger partial charge in [-0.15, -0.1) is 0 Å². The maximum atomic E-state index is 12.2. The van der Waals surface area contributed by atoms with E-state index in [1.807, 2.05) is 11.8 Å². The fourth-order valence-electron chi connectivity index (χ4n) is 2.58. The van der Waals surface area contributed by atoms with Crippen LogP contribution in [0.5, 0.6) is 0 Å². The van der Waals surface area contributed by atoms with Crippen molar-refractivity contribution in [3.8, 4) is 0 Å². The van der Waals surface area contributed by atoms with Crippen molar-refractivity contribution in [2.24, 2.45) is 0 Å². The van der Waals surface area contributed by atoms with Crippen LogP contribution in [0.2, 0.25) is 0 Å². The standard InChI is InChI=1S/C14H18N2O3S/c1-20-11-6-4-5-10(9-11)15-14(17)12-7-2-3-8-13(12)16(18)19/h2-3,7-8,10-11H,4-6,9H2,1H3,(H,15,17)/t10-,11-/m0/s1. The number of nitrogens with one attached hydrogen (secondary N) is 1. The Morgan fingerprint density at radius 3 is 2.85 bits per heavy atom. The average Bonchev–Trinajstić information content (AvgIpc) is 2.47. The molecular formula is C14H18N2O3S. The molecule has 1 saturated carbocycles. The first-order valence-electron chi connectivity index (χ1n) is 6.69. The molecule has 1 N–H and O–H groups in total. The normalized spacial score (nSPS) is 22.2. The molecule has 1 aromatic carbocycles. The molecule has 20 heavy (non-hydrogen) atoms. The highest BCUT2D eigenvalue weighted by molar-refractivity contribution is 7.99. The molecule has 0 heterocycles. The quantitative estimate of drug-likeness (QED) is 0.684. The molecular weight excluding hydrogens is 276 g/mol. The summed E-state index contributed by atoms with van der Waals surface area (Å²) in [6, 6.07) is 6.20. The van der Waals surface area contributed by atoms with Gasteiger partial charge in [0, 0.05) is 17.4 Å². The highest BCUT2D eigenvalue weighted by Crippen LogP contribution is 2.27. The first kappa shape index (κ1) is 14.8. The van der Waals surface area contributed by atoms with Crippen molar-refractivity contribution >= 4 is 23.4 Å². The van der Waals surface area contributed by atoms with E-state index in [2.05, 4.69) is 11.6 Å². The fourth-order valence-corrected chi connectivity index (χ4v) is 3.41. The predicted octanol–water partition coefficient (Wildman–Crippen LogP) is 3.00. The lowest BCUT2D eigenvalue weighted by Gasteiger charge is -2.28. The fraction of sp³-hybridized carbons (Fsp3) is 0.500. The smallest absolute Gasteiger partial charge is 0.282 e. The molecule has 1 aromatic rings. The third kappa shape index (κ3) is 3.50. The SMILES string of the molecule is CS[C@H]1CCC[C@H](NC(=O)c2ccccc2[N+](=O)[O-])C1. The summed E-state index contributed by atoms with van der Waals surface area (Å²) in [5.74, 6) is -0.343. The number of nitro groups is 1. The summed E-state index contributed by atoms with van der Waals surface area (Å²) in [4.78, 5) is 22.6. The first-order chi connectivity index (χ1) is 9.61. The van der Waals surface area contributed by atoms with Gasteiger partial charge >= 0.3 is 0 Å². The van der Waals surface area contributed by atoms with E-state index in [0.29, 0.717) is 5.25 Å². The Morgan fingerprint density at radius 1 is 1.40 bits per heavy atom. The summed E-state index contributed by atoms with van der Waals surface area (Å²) in [5, 5.41) is 14.4. The number of hydrogen-bond acceptors (Lipinski definition) is 4. The van der Waals surface area contributed by atoms with Crippen molar-refractivity contribution in [2.75, 3.05) is 6.26 Å². The summed E-state index contributed by atoms with van der Waals surface area (Å²) in [6.45, 7) is 0. The van der Waals surface area contributed by atoms with Gasteiger partial charge in [0.15, 0.2) is 0 Å². The van der Waals surface area contributed by atoms with Crippen molar-refractivity contribution in [1.29, 1.82) is 0 Å². The summed E-state index contributed by atoms with van der Waals surface area (Å²) in [5.41, 5.74) is 0.00556. The van der Waals surface area contributed by atoms with Crippen LogP contribution in [0.4, 0.5) is 5.69 Å². The summed E-state index contributed by atoms with van der Waals surface area (Å²) >= 11 is 1.82. The van der Waals surface area contributed by atoms with Gasteiger partial charge in [0.25, 0.3) is 11.6 Å². The topological polar surface area (TPSA) is 72.2 Å². The number of amides is 1. The van der Waals surface area contributed by atoms with E-state index in [0.717, 1.165) is 19.3 Å². The molecule has 1 aliphatic carbocycles. The average molecular weight is 294 g/mol. The van der Waals surface area contributed by atoms with Gasteiger partial charge in [0.1, 0.15) is 5.56 Å². The molecule has 1 aliphatic rings. The zero-order valence-electron chi connectivity index (χ0n) is 11.4. The molecule has 1 amide bonds. The van der Waals surface area contributed by atoms with Crippen LogP contribution in [0.25, 0.3) is 0 Å². The number of thioether (sulfide) groups is 1. The minimum atomic E-state index is -0.513. The van der Waals surface area contributed by atoms with Crippen molar-refractivity contribution in [2.45, 2.75) is 37.0 Å². The number of carbonyl (C=O) groups is 1. The minimum absolute atomic E-state index is 0.119. The van der Waals surface area contributed by atoms with Gasteiger partial charge in [0.2, 0.25) is 0 Å². The zero-order valence-corrected chi connectivity index (χ0v) is 12.2. The second-order valence-electron chi connectivity index (χ2n) is 4.97. The van der Waals surface area contributed by atoms with E-state index < -0.39 is 4.92 Å². The number of para-hydroxylation sites is 1. The minimum Gasteiger partial charge on any atom is -0.349 e. The van der Waals surface area contributed by atoms with Crippen LogP contribution in [-0.2, 0) is 0 Å². The van der Waals surface area contributed by atoms with E-state index in [4.69, 9.17) is 0 Å². The van der Waals surface area contributed by atoms with Gasteiger partial charge in [-0.3, -0.25) is 14.9 Å². The largest absolute Gasteiger partial charge is 0.349 e. The summed E-state index contributed by atoms with van der Waals surface area (Å²) in [6.07, 6.45) is 6.24. The lowest BCUT2D eigenvalue weighted by molar-refractivity contribution is -0.385. The van der Waals surface area contributed by atoms with Crippen LogP contribution < -0.4 is 5.32 Å². The zero-order chi connectivity index (χ0) is 14.5. The Balaban J connectivity index is 2.07. The predicted molar refractivity (Wildman–Crippen MR) is 80.1 cm³/mol. The first-order valence-corrected chi connectivity index (χ1v) is 7.97. The number of nitro benzene ring substituents is 1. The number of nitrogens with zero attached hydrogens (tertiary/aromatic N) is 1. The van der Waals surface area contributed by atoms with E-state index in [1.165, 1.54) is 18.6 Å². The Labute approximate surface area is 122 Å². The molecule has 0 unspecified atom stereocenters.